The van der Waals surface area contributed by atoms with Gasteiger partial charge in [0.2, 0.25) is 5.91 Å². The van der Waals surface area contributed by atoms with Crippen LogP contribution < -0.4 is 16.0 Å². The molecule has 0 aromatic heterocycles. The number of nitrogens with one attached hydrogen (secondary N) is 3. The molecule has 0 radical (unpaired) electrons. The summed E-state index contributed by atoms with van der Waals surface area (Å²) in [6.07, 6.45) is 1.39. The Morgan fingerprint density at radius 1 is 1.16 bits per heavy atom. The predicted octanol–water partition coefficient (Wildman–Crippen LogP) is 0.935. The van der Waals surface area contributed by atoms with Crippen LogP contribution in [-0.2, 0) is 9.53 Å². The molecule has 0 bridgehead atoms. The van der Waals surface area contributed by atoms with Gasteiger partial charge in [-0.25, -0.2) is 4.79 Å². The van der Waals surface area contributed by atoms with Crippen molar-refractivity contribution in [1.29, 1.82) is 0 Å². The predicted molar refractivity (Wildman–Crippen MR) is 98.6 cm³/mol. The highest BCUT2D eigenvalue weighted by atomic mass is 16.5. The summed E-state index contributed by atoms with van der Waals surface area (Å²) in [5, 5.41) is 9.47. The van der Waals surface area contributed by atoms with Gasteiger partial charge in [-0.3, -0.25) is 9.79 Å². The molecule has 8 heteroatoms. The lowest BCUT2D eigenvalue weighted by Crippen LogP contribution is -2.50. The molecule has 8 nitrogen and oxygen atoms in total. The van der Waals surface area contributed by atoms with Gasteiger partial charge in [-0.1, -0.05) is 0 Å². The van der Waals surface area contributed by atoms with Crippen LogP contribution >= 0.6 is 0 Å². The number of hydrogen-bond donors (Lipinski definition) is 3. The third-order valence-corrected chi connectivity index (χ3v) is 4.20. The summed E-state index contributed by atoms with van der Waals surface area (Å²) in [6, 6.07) is 0.242. The molecule has 0 saturated carbocycles. The van der Waals surface area contributed by atoms with E-state index in [1.54, 1.807) is 4.90 Å². The molecular formula is C17H33N5O3. The lowest BCUT2D eigenvalue weighted by atomic mass is 9.92. The Bertz CT molecular complexity index is 471. The summed E-state index contributed by atoms with van der Waals surface area (Å²) in [5.41, 5.74) is -0.563. The number of rotatable bonds is 6. The minimum Gasteiger partial charge on any atom is -0.453 e. The third-order valence-electron chi connectivity index (χ3n) is 4.20. The first-order valence-corrected chi connectivity index (χ1v) is 9.00. The number of carbonyl (C=O) groups excluding carboxylic acids is 2. The van der Waals surface area contributed by atoms with Gasteiger partial charge >= 0.3 is 6.09 Å². The topological polar surface area (TPSA) is 95.1 Å². The molecule has 0 aromatic carbocycles. The molecule has 0 aliphatic carbocycles. The number of likely N-dealkylation sites (tertiary alicyclic amines) is 1. The van der Waals surface area contributed by atoms with E-state index in [0.717, 1.165) is 19.4 Å². The molecule has 0 unspecified atom stereocenters. The number of aliphatic imine (C=N–C) groups is 1. The van der Waals surface area contributed by atoms with Gasteiger partial charge in [0.1, 0.15) is 0 Å². The molecule has 1 rings (SSSR count). The van der Waals surface area contributed by atoms with Crippen molar-refractivity contribution in [2.45, 2.75) is 46.6 Å². The summed E-state index contributed by atoms with van der Waals surface area (Å²) in [4.78, 5) is 29.9. The van der Waals surface area contributed by atoms with Crippen molar-refractivity contribution < 1.29 is 14.3 Å². The highest BCUT2D eigenvalue weighted by Gasteiger charge is 2.27. The van der Waals surface area contributed by atoms with Crippen molar-refractivity contribution in [2.24, 2.45) is 10.4 Å². The van der Waals surface area contributed by atoms with Crippen LogP contribution in [0.4, 0.5) is 4.79 Å². The van der Waals surface area contributed by atoms with Gasteiger partial charge in [0.15, 0.2) is 5.96 Å². The Balaban J connectivity index is 2.59. The monoisotopic (exact) mass is 355 g/mol. The van der Waals surface area contributed by atoms with E-state index in [1.165, 1.54) is 7.11 Å². The molecule has 25 heavy (non-hydrogen) atoms. The lowest BCUT2D eigenvalue weighted by molar-refractivity contribution is -0.128. The SMILES string of the molecule is CCNC(=O)C(C)(C)CN=C(NCC)NC1CCN(C(=O)OC)CC1. The molecule has 1 aliphatic heterocycles. The number of guanidine groups is 1. The van der Waals surface area contributed by atoms with Crippen molar-refractivity contribution >= 4 is 18.0 Å². The van der Waals surface area contributed by atoms with Crippen molar-refractivity contribution in [3.63, 3.8) is 0 Å². The fourth-order valence-electron chi connectivity index (χ4n) is 2.60. The highest BCUT2D eigenvalue weighted by Crippen LogP contribution is 2.16. The first-order chi connectivity index (χ1) is 11.8. The van der Waals surface area contributed by atoms with E-state index in [9.17, 15) is 9.59 Å². The van der Waals surface area contributed by atoms with E-state index >= 15 is 0 Å². The standard InChI is InChI=1S/C17H33N5O3/c1-6-18-14(23)17(3,4)12-20-15(19-7-2)21-13-8-10-22(11-9-13)16(24)25-5/h13H,6-12H2,1-5H3,(H,18,23)(H2,19,20,21). The van der Waals surface area contributed by atoms with Crippen molar-refractivity contribution in [3.8, 4) is 0 Å². The molecule has 1 aliphatic rings. The second-order valence-corrected chi connectivity index (χ2v) is 6.81. The van der Waals surface area contributed by atoms with Gasteiger partial charge < -0.3 is 25.6 Å². The van der Waals surface area contributed by atoms with Gasteiger partial charge in [0.05, 0.1) is 19.1 Å². The summed E-state index contributed by atoms with van der Waals surface area (Å²) in [7, 11) is 1.40. The van der Waals surface area contributed by atoms with Crippen molar-refractivity contribution in [2.75, 3.05) is 39.8 Å². The van der Waals surface area contributed by atoms with Gasteiger partial charge in [-0.15, -0.1) is 0 Å². The Labute approximate surface area is 150 Å². The molecule has 0 atom stereocenters. The minimum absolute atomic E-state index is 0.000912. The first-order valence-electron chi connectivity index (χ1n) is 9.00. The van der Waals surface area contributed by atoms with Crippen molar-refractivity contribution in [3.05, 3.63) is 0 Å². The zero-order chi connectivity index (χ0) is 18.9. The Kier molecular flexibility index (Phi) is 8.51. The average Bonchev–Trinajstić information content (AvgIpc) is 2.60. The normalized spacial score (nSPS) is 16.4. The van der Waals surface area contributed by atoms with Crippen molar-refractivity contribution in [1.82, 2.24) is 20.9 Å². The zero-order valence-corrected chi connectivity index (χ0v) is 16.1. The first kappa shape index (κ1) is 21.1. The van der Waals surface area contributed by atoms with E-state index in [-0.39, 0.29) is 18.0 Å². The second-order valence-electron chi connectivity index (χ2n) is 6.81. The van der Waals surface area contributed by atoms with Gasteiger partial charge in [0, 0.05) is 32.2 Å². The average molecular weight is 355 g/mol. The molecule has 144 valence electrons. The van der Waals surface area contributed by atoms with Crippen LogP contribution in [0, 0.1) is 5.41 Å². The molecule has 1 saturated heterocycles. The number of carbonyl (C=O) groups is 2. The van der Waals surface area contributed by atoms with Crippen LogP contribution in [-0.4, -0.2) is 68.7 Å². The van der Waals surface area contributed by atoms with Gasteiger partial charge in [-0.05, 0) is 40.5 Å². The summed E-state index contributed by atoms with van der Waals surface area (Å²) in [5.74, 6) is 0.706. The smallest absolute Gasteiger partial charge is 0.409 e. The molecule has 1 fully saturated rings. The molecule has 1 heterocycles. The van der Waals surface area contributed by atoms with Crippen LogP contribution in [0.2, 0.25) is 0 Å². The van der Waals surface area contributed by atoms with Gasteiger partial charge in [0.25, 0.3) is 0 Å². The fraction of sp³-hybridized carbons (Fsp3) is 0.824. The largest absolute Gasteiger partial charge is 0.453 e. The second kappa shape index (κ2) is 10.1. The summed E-state index contributed by atoms with van der Waals surface area (Å²) >= 11 is 0. The number of hydrogen-bond acceptors (Lipinski definition) is 4. The Morgan fingerprint density at radius 3 is 2.28 bits per heavy atom. The van der Waals surface area contributed by atoms with Gasteiger partial charge in [-0.2, -0.15) is 0 Å². The van der Waals surface area contributed by atoms with E-state index in [4.69, 9.17) is 4.74 Å². The maximum atomic E-state index is 12.1. The molecule has 3 N–H and O–H groups in total. The van der Waals surface area contributed by atoms with Crippen LogP contribution in [0.3, 0.4) is 0 Å². The minimum atomic E-state index is -0.563. The number of nitrogens with zero attached hydrogens (tertiary/aromatic N) is 2. The Morgan fingerprint density at radius 2 is 1.76 bits per heavy atom. The number of amides is 2. The van der Waals surface area contributed by atoms with Crippen LogP contribution in [0.5, 0.6) is 0 Å². The third kappa shape index (κ3) is 6.80. The Hall–Kier alpha value is -1.99. The molecule has 0 spiro atoms. The maximum Gasteiger partial charge on any atom is 0.409 e. The van der Waals surface area contributed by atoms with E-state index in [2.05, 4.69) is 20.9 Å². The number of methoxy groups -OCH3 is 1. The van der Waals surface area contributed by atoms with E-state index < -0.39 is 5.41 Å². The molecule has 0 aromatic rings. The number of piperidine rings is 1. The molecular weight excluding hydrogens is 322 g/mol. The fourth-order valence-corrected chi connectivity index (χ4v) is 2.60. The lowest BCUT2D eigenvalue weighted by Gasteiger charge is -2.32. The van der Waals surface area contributed by atoms with E-state index in [1.807, 2.05) is 27.7 Å². The quantitative estimate of drug-likeness (QED) is 0.487. The van der Waals surface area contributed by atoms with Crippen LogP contribution in [0.1, 0.15) is 40.5 Å². The highest BCUT2D eigenvalue weighted by molar-refractivity contribution is 5.83. The van der Waals surface area contributed by atoms with Crippen LogP contribution in [0.25, 0.3) is 0 Å². The molecule has 2 amide bonds. The maximum absolute atomic E-state index is 12.1. The summed E-state index contributed by atoms with van der Waals surface area (Å²) < 4.78 is 4.76. The number of ether oxygens (including phenoxy) is 1. The zero-order valence-electron chi connectivity index (χ0n) is 16.1. The van der Waals surface area contributed by atoms with E-state index in [0.29, 0.717) is 32.1 Å². The van der Waals surface area contributed by atoms with Crippen LogP contribution in [0.15, 0.2) is 4.99 Å². The summed E-state index contributed by atoms with van der Waals surface area (Å²) in [6.45, 7) is 10.8.